The summed E-state index contributed by atoms with van der Waals surface area (Å²) in [7, 11) is 0. The van der Waals surface area contributed by atoms with Gasteiger partial charge in [0.05, 0.1) is 16.8 Å². The molecule has 0 saturated heterocycles. The number of nitrogens with two attached hydrogens (primary N) is 1. The van der Waals surface area contributed by atoms with E-state index in [2.05, 4.69) is 0 Å². The fourth-order valence-corrected chi connectivity index (χ4v) is 3.11. The molecule has 4 rings (SSSR count). The molecule has 0 heterocycles. The molecule has 0 amide bonds. The number of carbonyl (C=O) groups is 2. The fraction of sp³-hybridized carbons (Fsp3) is 0. The van der Waals surface area contributed by atoms with Crippen LogP contribution >= 0.6 is 0 Å². The van der Waals surface area contributed by atoms with Gasteiger partial charge in [0, 0.05) is 5.56 Å². The molecule has 0 spiro atoms. The van der Waals surface area contributed by atoms with E-state index in [1.807, 2.05) is 18.2 Å². The first-order valence-corrected chi connectivity index (χ1v) is 9.78. The van der Waals surface area contributed by atoms with Crippen LogP contribution in [0.1, 0.15) is 26.3 Å². The van der Waals surface area contributed by atoms with E-state index in [4.69, 9.17) is 20.3 Å². The summed E-state index contributed by atoms with van der Waals surface area (Å²) in [6.45, 7) is 0. The molecule has 0 aliphatic carbocycles. The van der Waals surface area contributed by atoms with Gasteiger partial charge in [-0.2, -0.15) is 0 Å². The predicted octanol–water partition coefficient (Wildman–Crippen LogP) is 5.78. The largest absolute Gasteiger partial charge is 0.478 e. The van der Waals surface area contributed by atoms with E-state index in [1.165, 1.54) is 12.1 Å². The molecule has 4 aromatic rings. The summed E-state index contributed by atoms with van der Waals surface area (Å²) >= 11 is 0. The lowest BCUT2D eigenvalue weighted by Gasteiger charge is -2.13. The molecule has 6 heteroatoms. The summed E-state index contributed by atoms with van der Waals surface area (Å²) < 4.78 is 11.6. The summed E-state index contributed by atoms with van der Waals surface area (Å²) in [4.78, 5) is 24.3. The third kappa shape index (κ3) is 4.60. The van der Waals surface area contributed by atoms with Gasteiger partial charge < -0.3 is 20.3 Å². The highest BCUT2D eigenvalue weighted by Gasteiger charge is 2.18. The second-order valence-electron chi connectivity index (χ2n) is 6.93. The summed E-state index contributed by atoms with van der Waals surface area (Å²) in [6, 6.07) is 26.9. The minimum atomic E-state index is -1.04. The highest BCUT2D eigenvalue weighted by Crippen LogP contribution is 2.33. The highest BCUT2D eigenvalue weighted by molar-refractivity contribution is 6.11. The van der Waals surface area contributed by atoms with Crippen LogP contribution in [0.2, 0.25) is 0 Å². The van der Waals surface area contributed by atoms with Gasteiger partial charge in [-0.15, -0.1) is 0 Å². The molecule has 4 aromatic carbocycles. The number of ketones is 1. The number of hydrogen-bond donors (Lipinski definition) is 2. The Bertz CT molecular complexity index is 1270. The Morgan fingerprint density at radius 3 is 2.03 bits per heavy atom. The van der Waals surface area contributed by atoms with Crippen molar-refractivity contribution in [2.45, 2.75) is 0 Å². The zero-order chi connectivity index (χ0) is 22.5. The average molecular weight is 425 g/mol. The zero-order valence-electron chi connectivity index (χ0n) is 16.9. The van der Waals surface area contributed by atoms with Gasteiger partial charge >= 0.3 is 5.97 Å². The first-order chi connectivity index (χ1) is 15.5. The second-order valence-corrected chi connectivity index (χ2v) is 6.93. The van der Waals surface area contributed by atoms with E-state index in [0.29, 0.717) is 39.8 Å². The molecule has 0 atom stereocenters. The zero-order valence-corrected chi connectivity index (χ0v) is 16.9. The Hall–Kier alpha value is -4.58. The standard InChI is InChI=1S/C26H19NO5/c27-23-11-5-10-22(25(23)32-19-7-2-1-3-8-19)24(28)17-12-14-20(15-13-17)31-21-9-4-6-18(16-21)26(29)30/h1-16H,27H2,(H,29,30). The quantitative estimate of drug-likeness (QED) is 0.288. The molecule has 0 radical (unpaired) electrons. The van der Waals surface area contributed by atoms with Crippen molar-refractivity contribution >= 4 is 17.4 Å². The number of nitrogen functional groups attached to an aromatic ring is 1. The van der Waals surface area contributed by atoms with Crippen LogP contribution in [0, 0.1) is 0 Å². The van der Waals surface area contributed by atoms with E-state index in [9.17, 15) is 9.59 Å². The number of hydrogen-bond acceptors (Lipinski definition) is 5. The molecule has 0 unspecified atom stereocenters. The normalized spacial score (nSPS) is 10.4. The molecule has 0 aliphatic heterocycles. The van der Waals surface area contributed by atoms with Crippen molar-refractivity contribution in [3.8, 4) is 23.0 Å². The van der Waals surface area contributed by atoms with Crippen LogP contribution in [-0.4, -0.2) is 16.9 Å². The van der Waals surface area contributed by atoms with Gasteiger partial charge in [-0.05, 0) is 66.7 Å². The third-order valence-corrected chi connectivity index (χ3v) is 4.69. The lowest BCUT2D eigenvalue weighted by molar-refractivity contribution is 0.0696. The molecule has 158 valence electrons. The van der Waals surface area contributed by atoms with Crippen LogP contribution in [0.25, 0.3) is 0 Å². The van der Waals surface area contributed by atoms with Crippen molar-refractivity contribution in [2.24, 2.45) is 0 Å². The number of rotatable bonds is 7. The molecule has 0 bridgehead atoms. The van der Waals surface area contributed by atoms with Crippen LogP contribution in [0.5, 0.6) is 23.0 Å². The molecule has 0 aromatic heterocycles. The summed E-state index contributed by atoms with van der Waals surface area (Å²) in [5.74, 6) is 0.451. The number of carboxylic acid groups (broad SMARTS) is 1. The van der Waals surface area contributed by atoms with Crippen LogP contribution in [0.4, 0.5) is 5.69 Å². The van der Waals surface area contributed by atoms with Gasteiger partial charge in [-0.1, -0.05) is 30.3 Å². The first kappa shape index (κ1) is 20.7. The maximum atomic E-state index is 13.2. The van der Waals surface area contributed by atoms with Crippen molar-refractivity contribution in [2.75, 3.05) is 5.73 Å². The molecule has 0 fully saturated rings. The number of carboxylic acids is 1. The van der Waals surface area contributed by atoms with Gasteiger partial charge in [-0.25, -0.2) is 4.79 Å². The van der Waals surface area contributed by atoms with Crippen LogP contribution in [0.3, 0.4) is 0 Å². The van der Waals surface area contributed by atoms with Crippen molar-refractivity contribution in [3.63, 3.8) is 0 Å². The SMILES string of the molecule is Nc1cccc(C(=O)c2ccc(Oc3cccc(C(=O)O)c3)cc2)c1Oc1ccccc1. The number of carbonyl (C=O) groups excluding carboxylic acids is 1. The van der Waals surface area contributed by atoms with E-state index < -0.39 is 5.97 Å². The van der Waals surface area contributed by atoms with Crippen molar-refractivity contribution < 1.29 is 24.2 Å². The monoisotopic (exact) mass is 425 g/mol. The van der Waals surface area contributed by atoms with Crippen molar-refractivity contribution in [3.05, 3.63) is 114 Å². The molecule has 3 N–H and O–H groups in total. The molecule has 6 nitrogen and oxygen atoms in total. The van der Waals surface area contributed by atoms with Gasteiger partial charge in [0.15, 0.2) is 11.5 Å². The lowest BCUT2D eigenvalue weighted by Crippen LogP contribution is -2.05. The molecular weight excluding hydrogens is 406 g/mol. The summed E-state index contributed by atoms with van der Waals surface area (Å²) in [5.41, 5.74) is 7.35. The topological polar surface area (TPSA) is 98.9 Å². The smallest absolute Gasteiger partial charge is 0.335 e. The number of aromatic carboxylic acids is 1. The Labute approximate surface area is 184 Å². The Balaban J connectivity index is 1.56. The molecular formula is C26H19NO5. The number of anilines is 1. The van der Waals surface area contributed by atoms with Crippen LogP contribution in [-0.2, 0) is 0 Å². The Kier molecular flexibility index (Phi) is 5.85. The first-order valence-electron chi connectivity index (χ1n) is 9.78. The van der Waals surface area contributed by atoms with Gasteiger partial charge in [-0.3, -0.25) is 4.79 Å². The minimum Gasteiger partial charge on any atom is -0.478 e. The maximum Gasteiger partial charge on any atom is 0.335 e. The maximum absolute atomic E-state index is 13.2. The lowest BCUT2D eigenvalue weighted by atomic mass is 10.0. The molecule has 0 aliphatic rings. The third-order valence-electron chi connectivity index (χ3n) is 4.69. The van der Waals surface area contributed by atoms with Crippen LogP contribution in [0.15, 0.2) is 97.1 Å². The Morgan fingerprint density at radius 2 is 1.31 bits per heavy atom. The average Bonchev–Trinajstić information content (AvgIpc) is 2.81. The Morgan fingerprint density at radius 1 is 0.656 bits per heavy atom. The molecule has 32 heavy (non-hydrogen) atoms. The number of para-hydroxylation sites is 2. The van der Waals surface area contributed by atoms with Gasteiger partial charge in [0.1, 0.15) is 17.2 Å². The number of ether oxygens (including phenoxy) is 2. The predicted molar refractivity (Wildman–Crippen MR) is 121 cm³/mol. The fourth-order valence-electron chi connectivity index (χ4n) is 3.11. The van der Waals surface area contributed by atoms with E-state index >= 15 is 0 Å². The summed E-state index contributed by atoms with van der Waals surface area (Å²) in [6.07, 6.45) is 0. The van der Waals surface area contributed by atoms with E-state index in [-0.39, 0.29) is 11.3 Å². The van der Waals surface area contributed by atoms with E-state index in [1.54, 1.807) is 66.7 Å². The van der Waals surface area contributed by atoms with Gasteiger partial charge in [0.2, 0.25) is 0 Å². The van der Waals surface area contributed by atoms with Crippen molar-refractivity contribution in [1.82, 2.24) is 0 Å². The number of benzene rings is 4. The molecule has 0 saturated carbocycles. The van der Waals surface area contributed by atoms with Crippen LogP contribution < -0.4 is 15.2 Å². The second kappa shape index (κ2) is 9.06. The van der Waals surface area contributed by atoms with E-state index in [0.717, 1.165) is 0 Å². The summed E-state index contributed by atoms with van der Waals surface area (Å²) in [5, 5.41) is 9.10. The van der Waals surface area contributed by atoms with Gasteiger partial charge in [0.25, 0.3) is 0 Å². The van der Waals surface area contributed by atoms with Crippen molar-refractivity contribution in [1.29, 1.82) is 0 Å². The highest BCUT2D eigenvalue weighted by atomic mass is 16.5. The minimum absolute atomic E-state index is 0.127.